The molecule has 0 aromatic carbocycles. The summed E-state index contributed by atoms with van der Waals surface area (Å²) in [6.07, 6.45) is 3.16. The number of aromatic nitrogens is 1. The minimum atomic E-state index is -0.153. The predicted octanol–water partition coefficient (Wildman–Crippen LogP) is 0.984. The zero-order chi connectivity index (χ0) is 16.9. The second-order valence-electron chi connectivity index (χ2n) is 6.61. The van der Waals surface area contributed by atoms with Gasteiger partial charge in [0.25, 0.3) is 0 Å². The Morgan fingerprint density at radius 1 is 1.25 bits per heavy atom. The van der Waals surface area contributed by atoms with Crippen molar-refractivity contribution in [2.45, 2.75) is 26.3 Å². The lowest BCUT2D eigenvalue weighted by molar-refractivity contribution is -0.135. The minimum absolute atomic E-state index is 0.113. The van der Waals surface area contributed by atoms with E-state index in [2.05, 4.69) is 9.88 Å². The molecule has 2 saturated heterocycles. The summed E-state index contributed by atoms with van der Waals surface area (Å²) in [6, 6.07) is 5.97. The van der Waals surface area contributed by atoms with Crippen molar-refractivity contribution in [2.24, 2.45) is 5.92 Å². The third-order valence-corrected chi connectivity index (χ3v) is 4.96. The number of hydrogen-bond acceptors (Lipinski definition) is 4. The highest BCUT2D eigenvalue weighted by Crippen LogP contribution is 2.20. The number of carbonyl (C=O) groups is 2. The molecular formula is C18H26N4O2. The molecule has 1 atom stereocenters. The number of rotatable bonds is 4. The molecule has 0 saturated carbocycles. The van der Waals surface area contributed by atoms with Gasteiger partial charge >= 0.3 is 0 Å². The van der Waals surface area contributed by atoms with E-state index in [1.165, 1.54) is 0 Å². The largest absolute Gasteiger partial charge is 0.342 e. The summed E-state index contributed by atoms with van der Waals surface area (Å²) in [5, 5.41) is 0. The number of carbonyl (C=O) groups excluding carboxylic acids is 2. The van der Waals surface area contributed by atoms with Gasteiger partial charge in [-0.15, -0.1) is 0 Å². The van der Waals surface area contributed by atoms with Crippen LogP contribution in [0.3, 0.4) is 0 Å². The van der Waals surface area contributed by atoms with E-state index in [-0.39, 0.29) is 17.7 Å². The Hall–Kier alpha value is -1.95. The maximum Gasteiger partial charge on any atom is 0.228 e. The van der Waals surface area contributed by atoms with E-state index in [0.717, 1.165) is 44.8 Å². The van der Waals surface area contributed by atoms with Gasteiger partial charge < -0.3 is 9.80 Å². The molecule has 0 spiro atoms. The van der Waals surface area contributed by atoms with E-state index < -0.39 is 0 Å². The smallest absolute Gasteiger partial charge is 0.228 e. The molecule has 2 aliphatic rings. The van der Waals surface area contributed by atoms with Crippen LogP contribution in [0, 0.1) is 5.92 Å². The maximum absolute atomic E-state index is 12.7. The molecule has 24 heavy (non-hydrogen) atoms. The van der Waals surface area contributed by atoms with Gasteiger partial charge in [-0.05, 0) is 25.5 Å². The van der Waals surface area contributed by atoms with Gasteiger partial charge in [0.1, 0.15) is 0 Å². The predicted molar refractivity (Wildman–Crippen MR) is 91.1 cm³/mol. The summed E-state index contributed by atoms with van der Waals surface area (Å²) in [7, 11) is 0. The third kappa shape index (κ3) is 3.93. The molecule has 3 rings (SSSR count). The lowest BCUT2D eigenvalue weighted by Crippen LogP contribution is -2.39. The van der Waals surface area contributed by atoms with Gasteiger partial charge in [0.2, 0.25) is 11.8 Å². The quantitative estimate of drug-likeness (QED) is 0.826. The van der Waals surface area contributed by atoms with Gasteiger partial charge in [-0.25, -0.2) is 0 Å². The summed E-state index contributed by atoms with van der Waals surface area (Å²) in [5.74, 6) is 0.112. The molecule has 1 aromatic rings. The van der Waals surface area contributed by atoms with E-state index in [1.54, 1.807) is 4.90 Å². The Morgan fingerprint density at radius 2 is 2.12 bits per heavy atom. The van der Waals surface area contributed by atoms with Crippen LogP contribution in [0.25, 0.3) is 0 Å². The monoisotopic (exact) mass is 330 g/mol. The summed E-state index contributed by atoms with van der Waals surface area (Å²) in [6.45, 7) is 7.44. The van der Waals surface area contributed by atoms with Crippen LogP contribution in [-0.2, 0) is 16.1 Å². The zero-order valence-corrected chi connectivity index (χ0v) is 14.4. The van der Waals surface area contributed by atoms with Gasteiger partial charge in [0.15, 0.2) is 0 Å². The van der Waals surface area contributed by atoms with Crippen LogP contribution in [0.15, 0.2) is 24.4 Å². The van der Waals surface area contributed by atoms with Gasteiger partial charge in [-0.2, -0.15) is 0 Å². The lowest BCUT2D eigenvalue weighted by Gasteiger charge is -2.24. The molecule has 2 fully saturated rings. The van der Waals surface area contributed by atoms with E-state index in [4.69, 9.17) is 0 Å². The molecule has 6 heteroatoms. The fraction of sp³-hybridized carbons (Fsp3) is 0.611. The van der Waals surface area contributed by atoms with Crippen LogP contribution in [-0.4, -0.2) is 70.8 Å². The van der Waals surface area contributed by atoms with Crippen molar-refractivity contribution in [1.82, 2.24) is 19.7 Å². The highest BCUT2D eigenvalue weighted by Gasteiger charge is 2.36. The van der Waals surface area contributed by atoms with E-state index >= 15 is 0 Å². The second-order valence-corrected chi connectivity index (χ2v) is 6.61. The van der Waals surface area contributed by atoms with Crippen molar-refractivity contribution in [3.8, 4) is 0 Å². The first kappa shape index (κ1) is 16.9. The molecule has 0 aliphatic carbocycles. The number of pyridine rings is 1. The van der Waals surface area contributed by atoms with Gasteiger partial charge in [-0.1, -0.05) is 6.07 Å². The average molecular weight is 330 g/mol. The van der Waals surface area contributed by atoms with Crippen LogP contribution in [0.1, 0.15) is 25.5 Å². The van der Waals surface area contributed by atoms with Crippen LogP contribution in [0.4, 0.5) is 0 Å². The molecule has 0 radical (unpaired) electrons. The molecule has 6 nitrogen and oxygen atoms in total. The standard InChI is InChI=1S/C18H26N4O2/c1-2-21-13-15(12-17(21)23)18(24)22-9-5-8-20(10-11-22)14-16-6-3-4-7-19-16/h3-4,6-7,15H,2,5,8-14H2,1H3. The van der Waals surface area contributed by atoms with Crippen molar-refractivity contribution in [1.29, 1.82) is 0 Å². The Bertz CT molecular complexity index is 578. The Kier molecular flexibility index (Phi) is 5.45. The summed E-state index contributed by atoms with van der Waals surface area (Å²) >= 11 is 0. The SMILES string of the molecule is CCN1CC(C(=O)N2CCCN(Cc3ccccn3)CC2)CC1=O. The molecule has 2 aliphatic heterocycles. The minimum Gasteiger partial charge on any atom is -0.342 e. The van der Waals surface area contributed by atoms with Gasteiger partial charge in [0, 0.05) is 58.4 Å². The molecule has 0 bridgehead atoms. The van der Waals surface area contributed by atoms with Crippen LogP contribution < -0.4 is 0 Å². The van der Waals surface area contributed by atoms with Crippen molar-refractivity contribution in [3.63, 3.8) is 0 Å². The fourth-order valence-electron chi connectivity index (χ4n) is 3.57. The molecular weight excluding hydrogens is 304 g/mol. The van der Waals surface area contributed by atoms with Crippen LogP contribution in [0.5, 0.6) is 0 Å². The number of likely N-dealkylation sites (tertiary alicyclic amines) is 1. The summed E-state index contributed by atoms with van der Waals surface area (Å²) in [4.78, 5) is 35.1. The molecule has 130 valence electrons. The first-order valence-corrected chi connectivity index (χ1v) is 8.86. The number of nitrogens with zero attached hydrogens (tertiary/aromatic N) is 4. The van der Waals surface area contributed by atoms with Crippen molar-refractivity contribution >= 4 is 11.8 Å². The molecule has 1 aromatic heterocycles. The molecule has 1 unspecified atom stereocenters. The average Bonchev–Trinajstić information content (AvgIpc) is 2.83. The van der Waals surface area contributed by atoms with Crippen molar-refractivity contribution in [2.75, 3.05) is 39.3 Å². The van der Waals surface area contributed by atoms with Crippen LogP contribution in [0.2, 0.25) is 0 Å². The topological polar surface area (TPSA) is 56.8 Å². The molecule has 0 N–H and O–H groups in total. The maximum atomic E-state index is 12.7. The molecule has 2 amide bonds. The van der Waals surface area contributed by atoms with Crippen LogP contribution >= 0.6 is 0 Å². The van der Waals surface area contributed by atoms with Gasteiger partial charge in [-0.3, -0.25) is 19.5 Å². The lowest BCUT2D eigenvalue weighted by atomic mass is 10.1. The van der Waals surface area contributed by atoms with Gasteiger partial charge in [0.05, 0.1) is 11.6 Å². The van der Waals surface area contributed by atoms with Crippen molar-refractivity contribution < 1.29 is 9.59 Å². The summed E-state index contributed by atoms with van der Waals surface area (Å²) < 4.78 is 0. The fourth-order valence-corrected chi connectivity index (χ4v) is 3.57. The summed E-state index contributed by atoms with van der Waals surface area (Å²) in [5.41, 5.74) is 1.07. The second kappa shape index (κ2) is 7.75. The van der Waals surface area contributed by atoms with Crippen molar-refractivity contribution in [3.05, 3.63) is 30.1 Å². The highest BCUT2D eigenvalue weighted by molar-refractivity contribution is 5.89. The zero-order valence-electron chi connectivity index (χ0n) is 14.4. The third-order valence-electron chi connectivity index (χ3n) is 4.96. The number of amides is 2. The Balaban J connectivity index is 1.53. The Morgan fingerprint density at radius 3 is 2.83 bits per heavy atom. The first-order valence-electron chi connectivity index (χ1n) is 8.86. The number of hydrogen-bond donors (Lipinski definition) is 0. The highest BCUT2D eigenvalue weighted by atomic mass is 16.2. The van der Waals surface area contributed by atoms with E-state index in [0.29, 0.717) is 19.5 Å². The van der Waals surface area contributed by atoms with E-state index in [9.17, 15) is 9.59 Å². The molecule has 3 heterocycles. The normalized spacial score (nSPS) is 22.7. The Labute approximate surface area is 143 Å². The first-order chi connectivity index (χ1) is 11.7. The van der Waals surface area contributed by atoms with E-state index in [1.807, 2.05) is 36.2 Å².